The Kier molecular flexibility index (Phi) is 11.9. The van der Waals surface area contributed by atoms with Crippen molar-refractivity contribution in [1.82, 2.24) is 0 Å². The van der Waals surface area contributed by atoms with Gasteiger partial charge >= 0.3 is 11.9 Å². The Balaban J connectivity index is 1.34. The van der Waals surface area contributed by atoms with Gasteiger partial charge in [-0.05, 0) is 80.9 Å². The molecule has 38 heavy (non-hydrogen) atoms. The van der Waals surface area contributed by atoms with E-state index in [0.717, 1.165) is 50.7 Å². The fourth-order valence-electron chi connectivity index (χ4n) is 4.37. The van der Waals surface area contributed by atoms with Crippen LogP contribution in [0.5, 0.6) is 0 Å². The molecule has 7 nitrogen and oxygen atoms in total. The lowest BCUT2D eigenvalue weighted by Gasteiger charge is -2.28. The number of carbonyl (C=O) groups is 2. The molecule has 0 heterocycles. The maximum Gasteiger partial charge on any atom is 0.338 e. The Bertz CT molecular complexity index is 1070. The molecule has 0 unspecified atom stereocenters. The van der Waals surface area contributed by atoms with E-state index in [1.54, 1.807) is 48.5 Å². The molecule has 7 heteroatoms. The molecule has 3 rings (SSSR count). The molecule has 4 N–H and O–H groups in total. The van der Waals surface area contributed by atoms with Crippen LogP contribution in [0.2, 0.25) is 0 Å². The van der Waals surface area contributed by atoms with Crippen molar-refractivity contribution in [2.75, 3.05) is 18.1 Å². The second kappa shape index (κ2) is 15.6. The van der Waals surface area contributed by atoms with E-state index in [-0.39, 0.29) is 24.8 Å². The molecule has 0 amide bonds. The van der Waals surface area contributed by atoms with Crippen LogP contribution in [-0.2, 0) is 25.6 Å². The predicted molar refractivity (Wildman–Crippen MR) is 151 cm³/mol. The monoisotopic (exact) mass is 520 g/mol. The molecule has 1 fully saturated rings. The minimum absolute atomic E-state index is 0.0600. The maximum atomic E-state index is 12.6. The lowest BCUT2D eigenvalue weighted by atomic mass is 9.95. The van der Waals surface area contributed by atoms with Gasteiger partial charge in [0, 0.05) is 29.6 Å². The first-order valence-corrected chi connectivity index (χ1v) is 13.5. The Morgan fingerprint density at radius 1 is 0.921 bits per heavy atom. The zero-order valence-corrected chi connectivity index (χ0v) is 22.1. The van der Waals surface area contributed by atoms with Gasteiger partial charge in [0.15, 0.2) is 0 Å². The molecule has 1 aliphatic carbocycles. The first kappa shape index (κ1) is 29.0. The Labute approximate surface area is 225 Å². The number of nitrogens with two attached hydrogens (primary N) is 2. The van der Waals surface area contributed by atoms with Crippen molar-refractivity contribution in [2.24, 2.45) is 0 Å². The molecular weight excluding hydrogens is 480 g/mol. The van der Waals surface area contributed by atoms with E-state index < -0.39 is 5.97 Å². The van der Waals surface area contributed by atoms with Crippen molar-refractivity contribution in [3.63, 3.8) is 0 Å². The number of carbonyl (C=O) groups excluding carboxylic acids is 2. The number of anilines is 2. The number of hydrogen-bond acceptors (Lipinski definition) is 7. The van der Waals surface area contributed by atoms with Gasteiger partial charge in [-0.1, -0.05) is 37.1 Å². The fourth-order valence-corrected chi connectivity index (χ4v) is 4.37. The summed E-state index contributed by atoms with van der Waals surface area (Å²) < 4.78 is 17.0. The number of rotatable bonds is 14. The largest absolute Gasteiger partial charge is 0.459 e. The van der Waals surface area contributed by atoms with Gasteiger partial charge in [-0.2, -0.15) is 0 Å². The van der Waals surface area contributed by atoms with E-state index >= 15 is 0 Å². The van der Waals surface area contributed by atoms with Gasteiger partial charge in [-0.3, -0.25) is 0 Å². The summed E-state index contributed by atoms with van der Waals surface area (Å²) in [6, 6.07) is 12.0. The standard InChI is InChI=1S/C31H40N2O5/c1-2-3-4-5-6-7-20-36-27-15-17-28(18-16-27)38-31(35)24-11-8-23(9-12-24)10-19-30(34)37-22-25-13-14-26(32)21-29(25)33/h2,8-14,19,21,27-28H,1,3-7,15-18,20,22,32-33H2/b19-10+. The van der Waals surface area contributed by atoms with Crippen LogP contribution in [0.25, 0.3) is 6.08 Å². The zero-order valence-electron chi connectivity index (χ0n) is 22.1. The van der Waals surface area contributed by atoms with E-state index in [9.17, 15) is 9.59 Å². The zero-order chi connectivity index (χ0) is 27.2. The molecule has 1 aliphatic rings. The van der Waals surface area contributed by atoms with Crippen molar-refractivity contribution >= 4 is 29.4 Å². The summed E-state index contributed by atoms with van der Waals surface area (Å²) in [5.41, 5.74) is 14.5. The second-order valence-corrected chi connectivity index (χ2v) is 9.69. The van der Waals surface area contributed by atoms with Crippen LogP contribution in [-0.4, -0.2) is 30.8 Å². The van der Waals surface area contributed by atoms with Gasteiger partial charge < -0.3 is 25.7 Å². The van der Waals surface area contributed by atoms with E-state index in [0.29, 0.717) is 22.5 Å². The summed E-state index contributed by atoms with van der Waals surface area (Å²) in [7, 11) is 0. The maximum absolute atomic E-state index is 12.6. The first-order chi connectivity index (χ1) is 18.4. The van der Waals surface area contributed by atoms with Crippen molar-refractivity contribution < 1.29 is 23.8 Å². The molecule has 2 aromatic rings. The number of allylic oxidation sites excluding steroid dienone is 1. The molecule has 0 bridgehead atoms. The number of nitrogen functional groups attached to an aromatic ring is 2. The fraction of sp³-hybridized carbons (Fsp3) is 0.419. The van der Waals surface area contributed by atoms with Gasteiger partial charge in [0.05, 0.1) is 11.7 Å². The number of unbranched alkanes of at least 4 members (excludes halogenated alkanes) is 4. The topological polar surface area (TPSA) is 114 Å². The van der Waals surface area contributed by atoms with E-state index in [1.165, 1.54) is 25.3 Å². The van der Waals surface area contributed by atoms with Crippen molar-refractivity contribution in [3.05, 3.63) is 77.9 Å². The van der Waals surface area contributed by atoms with Crippen LogP contribution < -0.4 is 11.5 Å². The van der Waals surface area contributed by atoms with Crippen molar-refractivity contribution in [1.29, 1.82) is 0 Å². The van der Waals surface area contributed by atoms with Gasteiger partial charge in [0.1, 0.15) is 12.7 Å². The molecular formula is C31H40N2O5. The van der Waals surface area contributed by atoms with Crippen molar-refractivity contribution in [2.45, 2.75) is 76.6 Å². The number of esters is 2. The highest BCUT2D eigenvalue weighted by Crippen LogP contribution is 2.25. The highest BCUT2D eigenvalue weighted by molar-refractivity contribution is 5.90. The van der Waals surface area contributed by atoms with Crippen LogP contribution in [0.1, 0.15) is 79.3 Å². The quantitative estimate of drug-likeness (QED) is 0.0998. The minimum atomic E-state index is -0.493. The van der Waals surface area contributed by atoms with Gasteiger partial charge in [-0.15, -0.1) is 6.58 Å². The highest BCUT2D eigenvalue weighted by atomic mass is 16.5. The Hall–Kier alpha value is -3.58. The minimum Gasteiger partial charge on any atom is -0.459 e. The van der Waals surface area contributed by atoms with E-state index in [2.05, 4.69) is 6.58 Å². The van der Waals surface area contributed by atoms with E-state index in [4.69, 9.17) is 25.7 Å². The number of hydrogen-bond donors (Lipinski definition) is 2. The molecule has 0 saturated heterocycles. The molecule has 0 aromatic heterocycles. The van der Waals surface area contributed by atoms with E-state index in [1.807, 2.05) is 6.08 Å². The smallest absolute Gasteiger partial charge is 0.338 e. The van der Waals surface area contributed by atoms with Gasteiger partial charge in [-0.25, -0.2) is 9.59 Å². The third-order valence-corrected chi connectivity index (χ3v) is 6.65. The molecule has 0 atom stereocenters. The summed E-state index contributed by atoms with van der Waals surface area (Å²) in [4.78, 5) is 24.6. The molecule has 1 saturated carbocycles. The summed E-state index contributed by atoms with van der Waals surface area (Å²) in [6.45, 7) is 4.62. The summed E-state index contributed by atoms with van der Waals surface area (Å²) in [6.07, 6.45) is 14.4. The normalized spacial score (nSPS) is 17.3. The van der Waals surface area contributed by atoms with Gasteiger partial charge in [0.25, 0.3) is 0 Å². The first-order valence-electron chi connectivity index (χ1n) is 13.5. The summed E-state index contributed by atoms with van der Waals surface area (Å²) in [5, 5.41) is 0. The van der Waals surface area contributed by atoms with Gasteiger partial charge in [0.2, 0.25) is 0 Å². The van der Waals surface area contributed by atoms with Crippen LogP contribution in [0, 0.1) is 0 Å². The third-order valence-electron chi connectivity index (χ3n) is 6.65. The predicted octanol–water partition coefficient (Wildman–Crippen LogP) is 6.23. The second-order valence-electron chi connectivity index (χ2n) is 9.69. The molecule has 2 aromatic carbocycles. The molecule has 0 aliphatic heterocycles. The summed E-state index contributed by atoms with van der Waals surface area (Å²) >= 11 is 0. The molecule has 0 radical (unpaired) electrons. The Morgan fingerprint density at radius 3 is 2.34 bits per heavy atom. The van der Waals surface area contributed by atoms with Crippen LogP contribution in [0.15, 0.2) is 61.2 Å². The number of benzene rings is 2. The summed E-state index contributed by atoms with van der Waals surface area (Å²) in [5.74, 6) is -0.822. The van der Waals surface area contributed by atoms with Crippen LogP contribution >= 0.6 is 0 Å². The van der Waals surface area contributed by atoms with Crippen molar-refractivity contribution in [3.8, 4) is 0 Å². The lowest BCUT2D eigenvalue weighted by Crippen LogP contribution is -2.28. The van der Waals surface area contributed by atoms with Crippen LogP contribution in [0.4, 0.5) is 11.4 Å². The number of ether oxygens (including phenoxy) is 3. The lowest BCUT2D eigenvalue weighted by molar-refractivity contribution is -0.138. The molecule has 204 valence electrons. The third kappa shape index (κ3) is 10.1. The molecule has 0 spiro atoms. The Morgan fingerprint density at radius 2 is 1.63 bits per heavy atom. The SMILES string of the molecule is C=CCCCCCCOC1CCC(OC(=O)c2ccc(/C=C/C(=O)OCc3ccc(N)cc3N)cc2)CC1. The average Bonchev–Trinajstić information content (AvgIpc) is 2.92. The van der Waals surface area contributed by atoms with Crippen LogP contribution in [0.3, 0.4) is 0 Å². The highest BCUT2D eigenvalue weighted by Gasteiger charge is 2.24. The average molecular weight is 521 g/mol.